The van der Waals surface area contributed by atoms with Crippen molar-refractivity contribution in [3.05, 3.63) is 0 Å². The molecule has 98 valence electrons. The van der Waals surface area contributed by atoms with E-state index in [0.717, 1.165) is 19.3 Å². The molecule has 1 rings (SSSR count). The minimum atomic E-state index is -1.40. The minimum Gasteiger partial charge on any atom is -0.480 e. The summed E-state index contributed by atoms with van der Waals surface area (Å²) < 4.78 is 12.3. The van der Waals surface area contributed by atoms with Crippen LogP contribution in [0, 0.1) is 11.8 Å². The van der Waals surface area contributed by atoms with Crippen LogP contribution in [0.2, 0.25) is 0 Å². The Morgan fingerprint density at radius 2 is 2.18 bits per heavy atom. The first kappa shape index (κ1) is 13.9. The van der Waals surface area contributed by atoms with Crippen molar-refractivity contribution in [2.45, 2.75) is 45.1 Å². The number of aliphatic carboxylic acids is 1. The van der Waals surface area contributed by atoms with Crippen molar-refractivity contribution in [1.29, 1.82) is 0 Å². The van der Waals surface area contributed by atoms with Gasteiger partial charge in [-0.25, -0.2) is 9.18 Å². The lowest BCUT2D eigenvalue weighted by Crippen LogP contribution is -2.43. The number of hydrogen-bond acceptors (Lipinski definition) is 2. The van der Waals surface area contributed by atoms with Crippen LogP contribution in [-0.4, -0.2) is 29.7 Å². The number of nitrogens with one attached hydrogen (secondary N) is 1. The fourth-order valence-electron chi connectivity index (χ4n) is 2.43. The summed E-state index contributed by atoms with van der Waals surface area (Å²) in [5, 5.41) is 10.8. The molecule has 0 bridgehead atoms. The van der Waals surface area contributed by atoms with Gasteiger partial charge in [0, 0.05) is 6.42 Å². The molecule has 2 N–H and O–H groups in total. The summed E-state index contributed by atoms with van der Waals surface area (Å²) in [5.41, 5.74) is 0. The number of carboxylic acid groups (broad SMARTS) is 1. The van der Waals surface area contributed by atoms with Crippen LogP contribution in [0.5, 0.6) is 0 Å². The van der Waals surface area contributed by atoms with Crippen molar-refractivity contribution in [2.75, 3.05) is 6.67 Å². The SMILES string of the molecule is CC1CCCC(CC(=O)NC(CF)C(=O)O)C1. The molecule has 1 amide bonds. The van der Waals surface area contributed by atoms with Crippen molar-refractivity contribution in [3.63, 3.8) is 0 Å². The predicted octanol–water partition coefficient (Wildman–Crippen LogP) is 1.74. The molecule has 1 aliphatic carbocycles. The highest BCUT2D eigenvalue weighted by Crippen LogP contribution is 2.30. The van der Waals surface area contributed by atoms with Gasteiger partial charge < -0.3 is 10.4 Å². The van der Waals surface area contributed by atoms with Gasteiger partial charge in [0.2, 0.25) is 5.91 Å². The quantitative estimate of drug-likeness (QED) is 0.775. The second-order valence-corrected chi connectivity index (χ2v) is 4.95. The number of amides is 1. The van der Waals surface area contributed by atoms with E-state index in [1.807, 2.05) is 0 Å². The predicted molar refractivity (Wildman–Crippen MR) is 61.3 cm³/mol. The van der Waals surface area contributed by atoms with E-state index in [2.05, 4.69) is 12.2 Å². The maximum atomic E-state index is 12.3. The number of carbonyl (C=O) groups is 2. The molecule has 17 heavy (non-hydrogen) atoms. The Kier molecular flexibility index (Phi) is 5.38. The third kappa shape index (κ3) is 4.71. The smallest absolute Gasteiger partial charge is 0.328 e. The Morgan fingerprint density at radius 1 is 1.47 bits per heavy atom. The topological polar surface area (TPSA) is 66.4 Å². The second-order valence-electron chi connectivity index (χ2n) is 4.95. The summed E-state index contributed by atoms with van der Waals surface area (Å²) >= 11 is 0. The highest BCUT2D eigenvalue weighted by molar-refractivity contribution is 5.83. The molecule has 1 fully saturated rings. The minimum absolute atomic E-state index is 0.313. The maximum absolute atomic E-state index is 12.3. The number of carbonyl (C=O) groups excluding carboxylic acids is 1. The van der Waals surface area contributed by atoms with Crippen LogP contribution in [0.3, 0.4) is 0 Å². The van der Waals surface area contributed by atoms with Gasteiger partial charge in [0.05, 0.1) is 0 Å². The van der Waals surface area contributed by atoms with Crippen molar-refractivity contribution in [3.8, 4) is 0 Å². The maximum Gasteiger partial charge on any atom is 0.328 e. The molecule has 0 heterocycles. The van der Waals surface area contributed by atoms with Crippen LogP contribution in [-0.2, 0) is 9.59 Å². The van der Waals surface area contributed by atoms with Gasteiger partial charge in [-0.15, -0.1) is 0 Å². The normalized spacial score (nSPS) is 26.2. The summed E-state index contributed by atoms with van der Waals surface area (Å²) in [6, 6.07) is -1.40. The van der Waals surface area contributed by atoms with Crippen LogP contribution in [0.15, 0.2) is 0 Å². The fourth-order valence-corrected chi connectivity index (χ4v) is 2.43. The molecule has 0 spiro atoms. The lowest BCUT2D eigenvalue weighted by Gasteiger charge is -2.26. The van der Waals surface area contributed by atoms with Gasteiger partial charge in [-0.2, -0.15) is 0 Å². The largest absolute Gasteiger partial charge is 0.480 e. The molecule has 0 radical (unpaired) electrons. The Hall–Kier alpha value is -1.13. The van der Waals surface area contributed by atoms with Gasteiger partial charge in [0.15, 0.2) is 6.04 Å². The molecule has 5 heteroatoms. The summed E-state index contributed by atoms with van der Waals surface area (Å²) in [6.07, 6.45) is 4.63. The van der Waals surface area contributed by atoms with Crippen LogP contribution < -0.4 is 5.32 Å². The van der Waals surface area contributed by atoms with E-state index < -0.39 is 18.7 Å². The highest BCUT2D eigenvalue weighted by Gasteiger charge is 2.24. The molecule has 0 aromatic carbocycles. The van der Waals surface area contributed by atoms with Gasteiger partial charge in [-0.05, 0) is 24.7 Å². The molecular formula is C12H20FNO3. The van der Waals surface area contributed by atoms with Gasteiger partial charge in [-0.1, -0.05) is 19.8 Å². The molecular weight excluding hydrogens is 225 g/mol. The van der Waals surface area contributed by atoms with Crippen molar-refractivity contribution >= 4 is 11.9 Å². The lowest BCUT2D eigenvalue weighted by atomic mass is 9.81. The van der Waals surface area contributed by atoms with E-state index in [4.69, 9.17) is 5.11 Å². The Bertz CT molecular complexity index is 283. The third-order valence-electron chi connectivity index (χ3n) is 3.31. The van der Waals surface area contributed by atoms with Gasteiger partial charge in [0.25, 0.3) is 0 Å². The molecule has 0 aromatic rings. The average Bonchev–Trinajstić information content (AvgIpc) is 2.25. The lowest BCUT2D eigenvalue weighted by molar-refractivity contribution is -0.142. The number of alkyl halides is 1. The summed E-state index contributed by atoms with van der Waals surface area (Å²) in [7, 11) is 0. The summed E-state index contributed by atoms with van der Waals surface area (Å²) in [4.78, 5) is 22.1. The van der Waals surface area contributed by atoms with Gasteiger partial charge >= 0.3 is 5.97 Å². The van der Waals surface area contributed by atoms with E-state index in [0.29, 0.717) is 18.3 Å². The zero-order valence-corrected chi connectivity index (χ0v) is 10.1. The van der Waals surface area contributed by atoms with E-state index in [1.165, 1.54) is 6.42 Å². The summed E-state index contributed by atoms with van der Waals surface area (Å²) in [5.74, 6) is -0.738. The molecule has 4 nitrogen and oxygen atoms in total. The zero-order chi connectivity index (χ0) is 12.8. The number of hydrogen-bond donors (Lipinski definition) is 2. The molecule has 1 saturated carbocycles. The van der Waals surface area contributed by atoms with Gasteiger partial charge in [-0.3, -0.25) is 4.79 Å². The molecule has 0 saturated heterocycles. The molecule has 1 aliphatic rings. The molecule has 3 atom stereocenters. The second kappa shape index (κ2) is 6.57. The standard InChI is InChI=1S/C12H20FNO3/c1-8-3-2-4-9(5-8)6-11(15)14-10(7-13)12(16)17/h8-10H,2-7H2,1H3,(H,14,15)(H,16,17). The monoisotopic (exact) mass is 245 g/mol. The number of carboxylic acids is 1. The van der Waals surface area contributed by atoms with Crippen molar-refractivity contribution in [1.82, 2.24) is 5.32 Å². The zero-order valence-electron chi connectivity index (χ0n) is 10.1. The van der Waals surface area contributed by atoms with Crippen LogP contribution in [0.4, 0.5) is 4.39 Å². The molecule has 3 unspecified atom stereocenters. The first-order valence-corrected chi connectivity index (χ1v) is 6.11. The van der Waals surface area contributed by atoms with E-state index in [-0.39, 0.29) is 5.91 Å². The molecule has 0 aromatic heterocycles. The van der Waals surface area contributed by atoms with Crippen molar-refractivity contribution < 1.29 is 19.1 Å². The van der Waals surface area contributed by atoms with Crippen LogP contribution in [0.1, 0.15) is 39.0 Å². The third-order valence-corrected chi connectivity index (χ3v) is 3.31. The Morgan fingerprint density at radius 3 is 2.71 bits per heavy atom. The summed E-state index contributed by atoms with van der Waals surface area (Å²) in [6.45, 7) is 1.09. The Balaban J connectivity index is 2.35. The average molecular weight is 245 g/mol. The first-order chi connectivity index (χ1) is 8.02. The highest BCUT2D eigenvalue weighted by atomic mass is 19.1. The van der Waals surface area contributed by atoms with E-state index in [9.17, 15) is 14.0 Å². The van der Waals surface area contributed by atoms with E-state index in [1.54, 1.807) is 0 Å². The van der Waals surface area contributed by atoms with Crippen LogP contribution in [0.25, 0.3) is 0 Å². The number of rotatable bonds is 5. The number of halogens is 1. The van der Waals surface area contributed by atoms with Crippen LogP contribution >= 0.6 is 0 Å². The van der Waals surface area contributed by atoms with Gasteiger partial charge in [0.1, 0.15) is 6.67 Å². The first-order valence-electron chi connectivity index (χ1n) is 6.11. The molecule has 0 aliphatic heterocycles. The van der Waals surface area contributed by atoms with E-state index >= 15 is 0 Å². The fraction of sp³-hybridized carbons (Fsp3) is 0.833. The van der Waals surface area contributed by atoms with Crippen molar-refractivity contribution in [2.24, 2.45) is 11.8 Å². The Labute approximate surface area is 101 Å².